The maximum Gasteiger partial charge on any atom is 0.335 e. The number of piperazine rings is 1. The summed E-state index contributed by atoms with van der Waals surface area (Å²) in [5.74, 6) is 2.10. The van der Waals surface area contributed by atoms with E-state index in [0.29, 0.717) is 18.2 Å². The third kappa shape index (κ3) is 5.36. The highest BCUT2D eigenvalue weighted by Crippen LogP contribution is 2.53. The van der Waals surface area contributed by atoms with Crippen LogP contribution in [0.1, 0.15) is 50.5 Å². The molecule has 0 radical (unpaired) electrons. The summed E-state index contributed by atoms with van der Waals surface area (Å²) in [7, 11) is 2.15. The molecule has 1 aromatic carbocycles. The average molecular weight is 530 g/mol. The molecule has 3 saturated carbocycles. The zero-order valence-electron chi connectivity index (χ0n) is 21.9. The van der Waals surface area contributed by atoms with E-state index in [0.717, 1.165) is 75.7 Å². The number of likely N-dealkylation sites (N-methyl/N-ethyl adjacent to an activating group) is 1. The number of nitrogens with zero attached hydrogens (tertiary/aromatic N) is 4. The molecule has 0 spiro atoms. The van der Waals surface area contributed by atoms with Gasteiger partial charge >= 0.3 is 6.03 Å². The van der Waals surface area contributed by atoms with Gasteiger partial charge in [0.15, 0.2) is 0 Å². The Morgan fingerprint density at radius 3 is 2.57 bits per heavy atom. The van der Waals surface area contributed by atoms with Gasteiger partial charge in [-0.2, -0.15) is 0 Å². The highest BCUT2D eigenvalue weighted by Gasteiger charge is 2.54. The molecule has 6 rings (SSSR count). The Morgan fingerprint density at radius 2 is 1.81 bits per heavy atom. The summed E-state index contributed by atoms with van der Waals surface area (Å²) in [5.41, 5.74) is 0.883. The lowest BCUT2D eigenvalue weighted by Crippen LogP contribution is -2.69. The number of halogens is 1. The zero-order valence-corrected chi connectivity index (χ0v) is 22.7. The van der Waals surface area contributed by atoms with E-state index in [1.165, 1.54) is 25.0 Å². The van der Waals surface area contributed by atoms with Crippen molar-refractivity contribution in [3.8, 4) is 0 Å². The van der Waals surface area contributed by atoms with Crippen molar-refractivity contribution in [1.82, 2.24) is 25.1 Å². The Bertz CT molecular complexity index is 987. The molecule has 2 aliphatic heterocycles. The summed E-state index contributed by atoms with van der Waals surface area (Å²) in [5, 5.41) is 7.54. The molecule has 1 aromatic rings. The number of fused-ring (bicyclic) bond motifs is 2. The van der Waals surface area contributed by atoms with Gasteiger partial charge in [0.05, 0.1) is 17.2 Å². The summed E-state index contributed by atoms with van der Waals surface area (Å²) in [6.45, 7) is 4.17. The molecule has 2 saturated heterocycles. The largest absolute Gasteiger partial charge is 0.351 e. The first kappa shape index (κ1) is 25.4. The average Bonchev–Trinajstić information content (AvgIpc) is 3.52. The lowest BCUT2D eigenvalue weighted by Gasteiger charge is -2.55. The Kier molecular flexibility index (Phi) is 7.38. The highest BCUT2D eigenvalue weighted by atomic mass is 32.2. The van der Waals surface area contributed by atoms with E-state index in [4.69, 9.17) is 0 Å². The van der Waals surface area contributed by atoms with Gasteiger partial charge in [-0.15, -0.1) is 11.8 Å². The quantitative estimate of drug-likeness (QED) is 0.583. The van der Waals surface area contributed by atoms with Crippen LogP contribution in [0.3, 0.4) is 0 Å². The normalized spacial score (nSPS) is 34.3. The number of benzene rings is 1. The molecular formula is C28H40FN5O2S. The first-order valence-electron chi connectivity index (χ1n) is 14.2. The van der Waals surface area contributed by atoms with Crippen LogP contribution >= 0.6 is 11.8 Å². The second kappa shape index (κ2) is 10.7. The van der Waals surface area contributed by atoms with E-state index in [2.05, 4.69) is 32.2 Å². The molecule has 2 heterocycles. The number of urea groups is 1. The molecule has 202 valence electrons. The molecule has 6 atom stereocenters. The Labute approximate surface area is 224 Å². The molecule has 0 aromatic heterocycles. The molecule has 3 amide bonds. The van der Waals surface area contributed by atoms with Gasteiger partial charge < -0.3 is 15.1 Å². The van der Waals surface area contributed by atoms with Crippen LogP contribution in [0.15, 0.2) is 24.3 Å². The van der Waals surface area contributed by atoms with Crippen molar-refractivity contribution < 1.29 is 14.0 Å². The minimum atomic E-state index is -0.273. The molecule has 37 heavy (non-hydrogen) atoms. The number of hydrogen-bond acceptors (Lipinski definition) is 5. The van der Waals surface area contributed by atoms with Crippen molar-refractivity contribution >= 4 is 23.7 Å². The Hall–Kier alpha value is -1.84. The minimum absolute atomic E-state index is 0.0244. The van der Waals surface area contributed by atoms with Crippen LogP contribution in [0.4, 0.5) is 9.18 Å². The van der Waals surface area contributed by atoms with Crippen molar-refractivity contribution in [2.75, 3.05) is 39.0 Å². The summed E-state index contributed by atoms with van der Waals surface area (Å²) in [4.78, 5) is 31.7. The van der Waals surface area contributed by atoms with Gasteiger partial charge in [-0.25, -0.2) is 14.2 Å². The van der Waals surface area contributed by atoms with Crippen molar-refractivity contribution in [2.24, 2.45) is 17.8 Å². The fourth-order valence-electron chi connectivity index (χ4n) is 7.18. The standard InChI is InChI=1S/C28H40FN5O2S/c1-31-11-13-32(14-12-31)34-25-4-2-3-24(25)27(33(28(34)36)23-10-7-20-15-21(20)16-23)37-18-26(35)30-17-19-5-8-22(29)9-6-19/h5-6,8-9,20-21,23-25,27H,2-4,7,10-18H2,1H3,(H,30,35). The predicted octanol–water partition coefficient (Wildman–Crippen LogP) is 3.76. The van der Waals surface area contributed by atoms with Crippen LogP contribution in [0, 0.1) is 23.6 Å². The number of rotatable bonds is 7. The smallest absolute Gasteiger partial charge is 0.335 e. The number of amides is 3. The van der Waals surface area contributed by atoms with Crippen LogP contribution in [0.25, 0.3) is 0 Å². The maximum absolute atomic E-state index is 14.3. The topological polar surface area (TPSA) is 59.1 Å². The van der Waals surface area contributed by atoms with E-state index < -0.39 is 0 Å². The van der Waals surface area contributed by atoms with Gasteiger partial charge in [0.25, 0.3) is 0 Å². The van der Waals surface area contributed by atoms with E-state index >= 15 is 0 Å². The minimum Gasteiger partial charge on any atom is -0.351 e. The van der Waals surface area contributed by atoms with Crippen LogP contribution < -0.4 is 5.32 Å². The van der Waals surface area contributed by atoms with Crippen LogP contribution in [-0.4, -0.2) is 88.2 Å². The lowest BCUT2D eigenvalue weighted by molar-refractivity contribution is -0.118. The summed E-state index contributed by atoms with van der Waals surface area (Å²) in [6, 6.07) is 6.95. The van der Waals surface area contributed by atoms with Gasteiger partial charge in [0.1, 0.15) is 5.82 Å². The maximum atomic E-state index is 14.3. The number of carbonyl (C=O) groups excluding carboxylic acids is 2. The summed E-state index contributed by atoms with van der Waals surface area (Å²) < 4.78 is 13.2. The predicted molar refractivity (Wildman–Crippen MR) is 143 cm³/mol. The van der Waals surface area contributed by atoms with Crippen LogP contribution in [-0.2, 0) is 11.3 Å². The molecule has 0 bridgehead atoms. The number of carbonyl (C=O) groups is 2. The van der Waals surface area contributed by atoms with Crippen LogP contribution in [0.2, 0.25) is 0 Å². The number of nitrogens with one attached hydrogen (secondary N) is 1. The molecule has 5 aliphatic rings. The third-order valence-corrected chi connectivity index (χ3v) is 10.7. The van der Waals surface area contributed by atoms with Crippen molar-refractivity contribution in [3.63, 3.8) is 0 Å². The number of hydrogen-bond donors (Lipinski definition) is 1. The molecule has 1 N–H and O–H groups in total. The number of thioether (sulfide) groups is 1. The lowest BCUT2D eigenvalue weighted by atomic mass is 9.91. The van der Waals surface area contributed by atoms with E-state index in [-0.39, 0.29) is 35.2 Å². The first-order chi connectivity index (χ1) is 18.0. The van der Waals surface area contributed by atoms with Crippen molar-refractivity contribution in [2.45, 2.75) is 68.9 Å². The molecular weight excluding hydrogens is 489 g/mol. The fourth-order valence-corrected chi connectivity index (χ4v) is 8.60. The van der Waals surface area contributed by atoms with Gasteiger partial charge in [-0.05, 0) is 75.1 Å². The SMILES string of the molecule is CN1CCN(N2C(=O)N(C3CCC4CC4C3)C(SCC(=O)NCc3ccc(F)cc3)C3CCCC32)CC1. The first-order valence-corrected chi connectivity index (χ1v) is 15.2. The highest BCUT2D eigenvalue weighted by molar-refractivity contribution is 8.00. The third-order valence-electron chi connectivity index (χ3n) is 9.38. The molecule has 3 aliphatic carbocycles. The van der Waals surface area contributed by atoms with Gasteiger partial charge in [-0.3, -0.25) is 9.80 Å². The molecule has 9 heteroatoms. The van der Waals surface area contributed by atoms with E-state index in [1.807, 2.05) is 0 Å². The van der Waals surface area contributed by atoms with E-state index in [9.17, 15) is 14.0 Å². The Balaban J connectivity index is 1.17. The van der Waals surface area contributed by atoms with Crippen LogP contribution in [0.5, 0.6) is 0 Å². The van der Waals surface area contributed by atoms with Gasteiger partial charge in [-0.1, -0.05) is 18.6 Å². The molecule has 5 fully saturated rings. The monoisotopic (exact) mass is 529 g/mol. The molecule has 7 nitrogen and oxygen atoms in total. The second-order valence-corrected chi connectivity index (χ2v) is 12.9. The fraction of sp³-hybridized carbons (Fsp3) is 0.714. The number of hydrazine groups is 1. The van der Waals surface area contributed by atoms with E-state index in [1.54, 1.807) is 23.9 Å². The summed E-state index contributed by atoms with van der Waals surface area (Å²) in [6.07, 6.45) is 8.09. The molecule has 6 unspecified atom stereocenters. The van der Waals surface area contributed by atoms with Gasteiger partial charge in [0, 0.05) is 44.7 Å². The van der Waals surface area contributed by atoms with Crippen molar-refractivity contribution in [1.29, 1.82) is 0 Å². The zero-order chi connectivity index (χ0) is 25.5. The Morgan fingerprint density at radius 1 is 1.03 bits per heavy atom. The van der Waals surface area contributed by atoms with Gasteiger partial charge in [0.2, 0.25) is 5.91 Å². The second-order valence-electron chi connectivity index (χ2n) is 11.8. The van der Waals surface area contributed by atoms with Crippen molar-refractivity contribution in [3.05, 3.63) is 35.6 Å². The summed E-state index contributed by atoms with van der Waals surface area (Å²) >= 11 is 1.67.